The molecule has 0 aromatic rings. The summed E-state index contributed by atoms with van der Waals surface area (Å²) >= 11 is 0. The second-order valence-electron chi connectivity index (χ2n) is 7.51. The summed E-state index contributed by atoms with van der Waals surface area (Å²) in [5.74, 6) is -0.432. The first kappa shape index (κ1) is 18.7. The van der Waals surface area contributed by atoms with Crippen LogP contribution in [-0.2, 0) is 14.4 Å². The predicted octanol–water partition coefficient (Wildman–Crippen LogP) is 0.760. The number of carbonyl (C=O) groups excluding carboxylic acids is 4. The molecule has 1 saturated carbocycles. The highest BCUT2D eigenvalue weighted by Gasteiger charge is 2.51. The van der Waals surface area contributed by atoms with Crippen LogP contribution in [0.3, 0.4) is 0 Å². The maximum atomic E-state index is 12.7. The molecule has 3 aliphatic rings. The SMILES string of the molecule is O=C(CN1C(=O)NC2(CCCCCC2)C1=O)NCCCN1CCCC1=O. The fourth-order valence-corrected chi connectivity index (χ4v) is 4.13. The molecule has 2 N–H and O–H groups in total. The molecular formula is C18H28N4O4. The van der Waals surface area contributed by atoms with Gasteiger partial charge in [-0.05, 0) is 25.7 Å². The van der Waals surface area contributed by atoms with Gasteiger partial charge in [-0.3, -0.25) is 19.3 Å². The van der Waals surface area contributed by atoms with Gasteiger partial charge < -0.3 is 15.5 Å². The maximum Gasteiger partial charge on any atom is 0.325 e. The summed E-state index contributed by atoms with van der Waals surface area (Å²) in [4.78, 5) is 51.5. The number of carbonyl (C=O) groups is 4. The minimum absolute atomic E-state index is 0.171. The summed E-state index contributed by atoms with van der Waals surface area (Å²) in [5, 5.41) is 5.58. The first-order valence-corrected chi connectivity index (χ1v) is 9.70. The van der Waals surface area contributed by atoms with Crippen LogP contribution in [-0.4, -0.2) is 65.3 Å². The molecule has 2 heterocycles. The van der Waals surface area contributed by atoms with Crippen molar-refractivity contribution in [2.45, 2.75) is 63.3 Å². The third-order valence-corrected chi connectivity index (χ3v) is 5.60. The molecule has 0 aromatic heterocycles. The fraction of sp³-hybridized carbons (Fsp3) is 0.778. The number of nitrogens with zero attached hydrogens (tertiary/aromatic N) is 2. The highest BCUT2D eigenvalue weighted by Crippen LogP contribution is 2.32. The Morgan fingerprint density at radius 2 is 1.81 bits per heavy atom. The molecule has 5 amide bonds. The Morgan fingerprint density at radius 1 is 1.08 bits per heavy atom. The highest BCUT2D eigenvalue weighted by atomic mass is 16.2. The Morgan fingerprint density at radius 3 is 2.46 bits per heavy atom. The average Bonchev–Trinajstić information content (AvgIpc) is 2.99. The molecule has 8 nitrogen and oxygen atoms in total. The van der Waals surface area contributed by atoms with E-state index in [1.54, 1.807) is 4.90 Å². The van der Waals surface area contributed by atoms with Crippen molar-refractivity contribution in [3.05, 3.63) is 0 Å². The van der Waals surface area contributed by atoms with Gasteiger partial charge in [0.25, 0.3) is 5.91 Å². The van der Waals surface area contributed by atoms with Gasteiger partial charge in [0.1, 0.15) is 12.1 Å². The molecule has 1 spiro atoms. The maximum absolute atomic E-state index is 12.7. The first-order chi connectivity index (χ1) is 12.5. The van der Waals surface area contributed by atoms with Crippen molar-refractivity contribution < 1.29 is 19.2 Å². The lowest BCUT2D eigenvalue weighted by Crippen LogP contribution is -2.47. The second-order valence-corrected chi connectivity index (χ2v) is 7.51. The normalized spacial score (nSPS) is 22.7. The quantitative estimate of drug-likeness (QED) is 0.537. The zero-order valence-electron chi connectivity index (χ0n) is 15.2. The molecule has 144 valence electrons. The number of hydrogen-bond donors (Lipinski definition) is 2. The fourth-order valence-electron chi connectivity index (χ4n) is 4.13. The van der Waals surface area contributed by atoms with Gasteiger partial charge in [0.05, 0.1) is 0 Å². The van der Waals surface area contributed by atoms with E-state index in [1.165, 1.54) is 0 Å². The number of imide groups is 1. The summed E-state index contributed by atoms with van der Waals surface area (Å²) in [6.07, 6.45) is 7.47. The standard InChI is InChI=1S/C18H28N4O4/c23-14(19-10-6-12-21-11-5-7-15(21)24)13-22-16(25)18(20-17(22)26)8-3-1-2-4-9-18/h1-13H2,(H,19,23)(H,20,26). The number of hydrogen-bond acceptors (Lipinski definition) is 4. The average molecular weight is 364 g/mol. The topological polar surface area (TPSA) is 98.8 Å². The number of urea groups is 1. The molecule has 0 aromatic carbocycles. The Balaban J connectivity index is 1.44. The Labute approximate surface area is 153 Å². The van der Waals surface area contributed by atoms with Crippen LogP contribution in [0.25, 0.3) is 0 Å². The summed E-state index contributed by atoms with van der Waals surface area (Å²) in [6.45, 7) is 1.61. The van der Waals surface area contributed by atoms with Crippen LogP contribution in [0, 0.1) is 0 Å². The highest BCUT2D eigenvalue weighted by molar-refractivity contribution is 6.09. The van der Waals surface area contributed by atoms with Crippen LogP contribution in [0.4, 0.5) is 4.79 Å². The minimum atomic E-state index is -0.802. The van der Waals surface area contributed by atoms with Crippen LogP contribution < -0.4 is 10.6 Å². The van der Waals surface area contributed by atoms with E-state index in [-0.39, 0.29) is 24.3 Å². The van der Waals surface area contributed by atoms with Gasteiger partial charge in [0.15, 0.2) is 0 Å². The van der Waals surface area contributed by atoms with Crippen LogP contribution >= 0.6 is 0 Å². The number of amides is 5. The lowest BCUT2D eigenvalue weighted by Gasteiger charge is -2.24. The van der Waals surface area contributed by atoms with Crippen molar-refractivity contribution in [3.63, 3.8) is 0 Å². The lowest BCUT2D eigenvalue weighted by molar-refractivity contribution is -0.135. The molecule has 0 atom stereocenters. The van der Waals surface area contributed by atoms with Crippen LogP contribution in [0.1, 0.15) is 57.8 Å². The van der Waals surface area contributed by atoms with E-state index in [0.29, 0.717) is 38.8 Å². The van der Waals surface area contributed by atoms with E-state index < -0.39 is 11.6 Å². The van der Waals surface area contributed by atoms with E-state index in [1.807, 2.05) is 0 Å². The van der Waals surface area contributed by atoms with Crippen LogP contribution in [0.2, 0.25) is 0 Å². The molecule has 2 saturated heterocycles. The van der Waals surface area contributed by atoms with E-state index in [4.69, 9.17) is 0 Å². The van der Waals surface area contributed by atoms with Gasteiger partial charge in [-0.1, -0.05) is 25.7 Å². The lowest BCUT2D eigenvalue weighted by atomic mass is 9.90. The molecule has 3 rings (SSSR count). The number of nitrogens with one attached hydrogen (secondary N) is 2. The van der Waals surface area contributed by atoms with Crippen molar-refractivity contribution in [2.75, 3.05) is 26.2 Å². The van der Waals surface area contributed by atoms with Crippen molar-refractivity contribution in [2.24, 2.45) is 0 Å². The third-order valence-electron chi connectivity index (χ3n) is 5.60. The molecule has 0 unspecified atom stereocenters. The summed E-state index contributed by atoms with van der Waals surface area (Å²) < 4.78 is 0. The summed E-state index contributed by atoms with van der Waals surface area (Å²) in [7, 11) is 0. The molecule has 26 heavy (non-hydrogen) atoms. The molecular weight excluding hydrogens is 336 g/mol. The Hall–Kier alpha value is -2.12. The van der Waals surface area contributed by atoms with Crippen molar-refractivity contribution in [1.29, 1.82) is 0 Å². The zero-order valence-corrected chi connectivity index (χ0v) is 15.2. The molecule has 3 fully saturated rings. The molecule has 1 aliphatic carbocycles. The monoisotopic (exact) mass is 364 g/mol. The Kier molecular flexibility index (Phi) is 5.78. The predicted molar refractivity (Wildman–Crippen MR) is 94.1 cm³/mol. The number of likely N-dealkylation sites (tertiary alicyclic amines) is 1. The van der Waals surface area contributed by atoms with Gasteiger partial charge in [-0.25, -0.2) is 4.79 Å². The van der Waals surface area contributed by atoms with E-state index in [0.717, 1.165) is 43.5 Å². The minimum Gasteiger partial charge on any atom is -0.354 e. The van der Waals surface area contributed by atoms with Crippen LogP contribution in [0.15, 0.2) is 0 Å². The first-order valence-electron chi connectivity index (χ1n) is 9.70. The van der Waals surface area contributed by atoms with E-state index in [2.05, 4.69) is 10.6 Å². The molecule has 8 heteroatoms. The van der Waals surface area contributed by atoms with Crippen molar-refractivity contribution in [1.82, 2.24) is 20.4 Å². The van der Waals surface area contributed by atoms with Crippen molar-refractivity contribution in [3.8, 4) is 0 Å². The molecule has 0 radical (unpaired) electrons. The van der Waals surface area contributed by atoms with Gasteiger partial charge >= 0.3 is 6.03 Å². The van der Waals surface area contributed by atoms with E-state index >= 15 is 0 Å². The molecule has 2 aliphatic heterocycles. The summed E-state index contributed by atoms with van der Waals surface area (Å²) in [5.41, 5.74) is -0.802. The summed E-state index contributed by atoms with van der Waals surface area (Å²) in [6, 6.07) is -0.463. The smallest absolute Gasteiger partial charge is 0.325 e. The van der Waals surface area contributed by atoms with Crippen LogP contribution in [0.5, 0.6) is 0 Å². The third kappa shape index (κ3) is 3.99. The van der Waals surface area contributed by atoms with Gasteiger partial charge in [0.2, 0.25) is 11.8 Å². The zero-order chi connectivity index (χ0) is 18.6. The van der Waals surface area contributed by atoms with E-state index in [9.17, 15) is 19.2 Å². The van der Waals surface area contributed by atoms with Gasteiger partial charge in [0, 0.05) is 26.1 Å². The largest absolute Gasteiger partial charge is 0.354 e. The Bertz CT molecular complexity index is 584. The molecule has 0 bridgehead atoms. The van der Waals surface area contributed by atoms with Crippen molar-refractivity contribution >= 4 is 23.8 Å². The van der Waals surface area contributed by atoms with Gasteiger partial charge in [-0.2, -0.15) is 0 Å². The number of rotatable bonds is 6. The van der Waals surface area contributed by atoms with Gasteiger partial charge in [-0.15, -0.1) is 0 Å². The second kappa shape index (κ2) is 8.05.